The standard InChI is InChI=1S/C24H22Cl2F2O3/c1-4-19(26)22(31-23(29)21-18(13-20(27)28)24(21,2)3)14-6-5-7-17(12-14)30-16-10-8-15(25)9-11-16/h4-13,18,21-22H,1-3H3. The van der Waals surface area contributed by atoms with Crippen LogP contribution in [-0.4, -0.2) is 5.97 Å². The Hall–Kier alpha value is -2.37. The molecule has 0 amide bonds. The number of carbonyl (C=O) groups is 1. The molecule has 3 unspecified atom stereocenters. The maximum atomic E-state index is 12.8. The van der Waals surface area contributed by atoms with Crippen molar-refractivity contribution in [2.45, 2.75) is 26.9 Å². The topological polar surface area (TPSA) is 35.5 Å². The zero-order chi connectivity index (χ0) is 22.8. The van der Waals surface area contributed by atoms with Gasteiger partial charge in [0.2, 0.25) is 0 Å². The average molecular weight is 467 g/mol. The molecule has 2 aromatic carbocycles. The molecule has 1 aliphatic carbocycles. The van der Waals surface area contributed by atoms with E-state index in [2.05, 4.69) is 0 Å². The van der Waals surface area contributed by atoms with Gasteiger partial charge in [0.05, 0.1) is 11.0 Å². The summed E-state index contributed by atoms with van der Waals surface area (Å²) < 4.78 is 37.0. The van der Waals surface area contributed by atoms with Gasteiger partial charge < -0.3 is 9.47 Å². The molecule has 7 heteroatoms. The lowest BCUT2D eigenvalue weighted by atomic mass is 10.1. The molecule has 1 fully saturated rings. The fourth-order valence-electron chi connectivity index (χ4n) is 3.58. The van der Waals surface area contributed by atoms with Crippen molar-refractivity contribution < 1.29 is 23.0 Å². The van der Waals surface area contributed by atoms with E-state index in [4.69, 9.17) is 32.7 Å². The molecule has 31 heavy (non-hydrogen) atoms. The maximum Gasteiger partial charge on any atom is 0.311 e. The molecule has 1 saturated carbocycles. The monoisotopic (exact) mass is 466 g/mol. The third-order valence-corrected chi connectivity index (χ3v) is 6.11. The Morgan fingerprint density at radius 2 is 1.81 bits per heavy atom. The summed E-state index contributed by atoms with van der Waals surface area (Å²) in [6.45, 7) is 5.24. The molecule has 0 radical (unpaired) electrons. The molecule has 164 valence electrons. The van der Waals surface area contributed by atoms with Crippen LogP contribution in [0.5, 0.6) is 11.5 Å². The largest absolute Gasteiger partial charge is 0.457 e. The number of esters is 1. The molecule has 3 nitrogen and oxygen atoms in total. The van der Waals surface area contributed by atoms with Gasteiger partial charge in [-0.15, -0.1) is 0 Å². The molecule has 0 spiro atoms. The van der Waals surface area contributed by atoms with Crippen LogP contribution in [0.25, 0.3) is 0 Å². The summed E-state index contributed by atoms with van der Waals surface area (Å²) in [4.78, 5) is 12.8. The molecule has 0 aliphatic heterocycles. The second kappa shape index (κ2) is 9.41. The SMILES string of the molecule is CC=C(Cl)C(OC(=O)C1C(C=C(F)F)C1(C)C)c1cccc(Oc2ccc(Cl)cc2)c1. The van der Waals surface area contributed by atoms with E-state index in [1.54, 1.807) is 75.4 Å². The highest BCUT2D eigenvalue weighted by atomic mass is 35.5. The zero-order valence-electron chi connectivity index (χ0n) is 17.2. The van der Waals surface area contributed by atoms with E-state index in [1.807, 2.05) is 0 Å². The first-order valence-corrected chi connectivity index (χ1v) is 10.5. The van der Waals surface area contributed by atoms with Gasteiger partial charge in [-0.1, -0.05) is 55.3 Å². The number of hydrogen-bond acceptors (Lipinski definition) is 3. The molecule has 0 aromatic heterocycles. The highest BCUT2D eigenvalue weighted by Crippen LogP contribution is 2.60. The average Bonchev–Trinajstić information content (AvgIpc) is 3.26. The second-order valence-electron chi connectivity index (χ2n) is 7.90. The molecular weight excluding hydrogens is 445 g/mol. The van der Waals surface area contributed by atoms with Gasteiger partial charge in [-0.25, -0.2) is 0 Å². The Kier molecular flexibility index (Phi) is 7.07. The summed E-state index contributed by atoms with van der Waals surface area (Å²) in [5.41, 5.74) is -0.00218. The van der Waals surface area contributed by atoms with Crippen LogP contribution in [0.3, 0.4) is 0 Å². The van der Waals surface area contributed by atoms with Crippen molar-refractivity contribution >= 4 is 29.2 Å². The van der Waals surface area contributed by atoms with E-state index in [0.29, 0.717) is 27.1 Å². The normalized spacial score (nSPS) is 20.5. The van der Waals surface area contributed by atoms with Crippen molar-refractivity contribution in [2.75, 3.05) is 0 Å². The van der Waals surface area contributed by atoms with Crippen LogP contribution in [0.2, 0.25) is 5.02 Å². The fourth-order valence-corrected chi connectivity index (χ4v) is 3.88. The third-order valence-electron chi connectivity index (χ3n) is 5.44. The molecular formula is C24H22Cl2F2O3. The van der Waals surface area contributed by atoms with E-state index in [1.165, 1.54) is 0 Å². The summed E-state index contributed by atoms with van der Waals surface area (Å²) in [6.07, 6.45) is -0.227. The summed E-state index contributed by atoms with van der Waals surface area (Å²) in [5, 5.41) is 0.899. The Labute approximate surface area is 190 Å². The predicted octanol–water partition coefficient (Wildman–Crippen LogP) is 7.91. The van der Waals surface area contributed by atoms with Gasteiger partial charge >= 0.3 is 5.97 Å². The molecule has 3 rings (SSSR count). The minimum atomic E-state index is -1.80. The van der Waals surface area contributed by atoms with Gasteiger partial charge in [0.1, 0.15) is 11.5 Å². The smallest absolute Gasteiger partial charge is 0.311 e. The fraction of sp³-hybridized carbons (Fsp3) is 0.292. The number of halogens is 4. The Morgan fingerprint density at radius 3 is 2.42 bits per heavy atom. The van der Waals surface area contributed by atoms with Crippen LogP contribution < -0.4 is 4.74 Å². The highest BCUT2D eigenvalue weighted by molar-refractivity contribution is 6.30. The summed E-state index contributed by atoms with van der Waals surface area (Å²) >= 11 is 12.3. The number of rotatable bonds is 7. The number of benzene rings is 2. The third kappa shape index (κ3) is 5.46. The number of hydrogen-bond donors (Lipinski definition) is 0. The summed E-state index contributed by atoms with van der Waals surface area (Å²) in [6, 6.07) is 13.9. The second-order valence-corrected chi connectivity index (χ2v) is 8.77. The van der Waals surface area contributed by atoms with Crippen molar-refractivity contribution in [1.82, 2.24) is 0 Å². The van der Waals surface area contributed by atoms with Crippen molar-refractivity contribution in [3.05, 3.63) is 82.4 Å². The van der Waals surface area contributed by atoms with Gasteiger partial charge in [0.15, 0.2) is 6.10 Å². The Morgan fingerprint density at radius 1 is 1.13 bits per heavy atom. The van der Waals surface area contributed by atoms with Gasteiger partial charge in [-0.05, 0) is 54.8 Å². The van der Waals surface area contributed by atoms with Gasteiger partial charge in [0, 0.05) is 16.5 Å². The number of ether oxygens (including phenoxy) is 2. The van der Waals surface area contributed by atoms with Crippen LogP contribution in [0.1, 0.15) is 32.4 Å². The molecule has 1 aliphatic rings. The predicted molar refractivity (Wildman–Crippen MR) is 117 cm³/mol. The Bertz CT molecular complexity index is 1010. The quantitative estimate of drug-likeness (QED) is 0.388. The molecule has 0 bridgehead atoms. The maximum absolute atomic E-state index is 12.8. The Balaban J connectivity index is 1.81. The van der Waals surface area contributed by atoms with Gasteiger partial charge in [-0.3, -0.25) is 4.79 Å². The lowest BCUT2D eigenvalue weighted by Crippen LogP contribution is -2.16. The minimum Gasteiger partial charge on any atom is -0.457 e. The van der Waals surface area contributed by atoms with E-state index in [9.17, 15) is 13.6 Å². The molecule has 0 saturated heterocycles. The summed E-state index contributed by atoms with van der Waals surface area (Å²) in [7, 11) is 0. The van der Waals surface area contributed by atoms with E-state index >= 15 is 0 Å². The number of allylic oxidation sites excluding steroid dienone is 2. The van der Waals surface area contributed by atoms with Crippen molar-refractivity contribution in [1.29, 1.82) is 0 Å². The summed E-state index contributed by atoms with van der Waals surface area (Å²) in [5.74, 6) is -0.689. The van der Waals surface area contributed by atoms with Gasteiger partial charge in [-0.2, -0.15) is 8.78 Å². The molecule has 0 heterocycles. The first-order chi connectivity index (χ1) is 14.6. The molecule has 2 aromatic rings. The van der Waals surface area contributed by atoms with Crippen LogP contribution in [0.15, 0.2) is 71.8 Å². The van der Waals surface area contributed by atoms with Crippen molar-refractivity contribution in [2.24, 2.45) is 17.3 Å². The first-order valence-electron chi connectivity index (χ1n) is 9.72. The van der Waals surface area contributed by atoms with E-state index in [-0.39, 0.29) is 0 Å². The minimum absolute atomic E-state index is 0.305. The first kappa shape index (κ1) is 23.3. The molecule has 0 N–H and O–H groups in total. The van der Waals surface area contributed by atoms with Gasteiger partial charge in [0.25, 0.3) is 6.08 Å². The van der Waals surface area contributed by atoms with Crippen molar-refractivity contribution in [3.63, 3.8) is 0 Å². The van der Waals surface area contributed by atoms with Crippen LogP contribution in [-0.2, 0) is 9.53 Å². The lowest BCUT2D eigenvalue weighted by Gasteiger charge is -2.19. The van der Waals surface area contributed by atoms with E-state index < -0.39 is 35.4 Å². The van der Waals surface area contributed by atoms with Crippen LogP contribution in [0, 0.1) is 17.3 Å². The lowest BCUT2D eigenvalue weighted by molar-refractivity contribution is -0.150. The molecule has 3 atom stereocenters. The van der Waals surface area contributed by atoms with E-state index in [0.717, 1.165) is 6.08 Å². The highest BCUT2D eigenvalue weighted by Gasteiger charge is 2.62. The van der Waals surface area contributed by atoms with Crippen LogP contribution in [0.4, 0.5) is 8.78 Å². The van der Waals surface area contributed by atoms with Crippen LogP contribution >= 0.6 is 23.2 Å². The van der Waals surface area contributed by atoms with Crippen molar-refractivity contribution in [3.8, 4) is 11.5 Å². The zero-order valence-corrected chi connectivity index (χ0v) is 18.8. The number of carbonyl (C=O) groups excluding carboxylic acids is 1.